The third-order valence-electron chi connectivity index (χ3n) is 2.48. The molecule has 0 spiro atoms. The molecule has 2 rings (SSSR count). The Balaban J connectivity index is 1.76. The monoisotopic (exact) mass is 270 g/mol. The molecule has 7 heteroatoms. The molecule has 102 valence electrons. The summed E-state index contributed by atoms with van der Waals surface area (Å²) in [6, 6.07) is 6.56. The Kier molecular flexibility index (Phi) is 4.16. The maximum absolute atomic E-state index is 12.3. The van der Waals surface area contributed by atoms with Crippen molar-refractivity contribution in [3.05, 3.63) is 48.0 Å². The highest BCUT2D eigenvalue weighted by Crippen LogP contribution is 2.27. The minimum absolute atomic E-state index is 0.378. The average Bonchev–Trinajstić information content (AvgIpc) is 2.85. The summed E-state index contributed by atoms with van der Waals surface area (Å²) < 4.78 is 38.2. The first-order valence-corrected chi connectivity index (χ1v) is 5.77. The first-order valence-electron chi connectivity index (χ1n) is 5.77. The minimum atomic E-state index is -4.38. The Morgan fingerprint density at radius 2 is 2.05 bits per heavy atom. The molecule has 2 aromatic rings. The molecule has 0 saturated heterocycles. The van der Waals surface area contributed by atoms with Crippen molar-refractivity contribution in [3.8, 4) is 0 Å². The number of halogens is 3. The van der Waals surface area contributed by atoms with Crippen LogP contribution >= 0.6 is 0 Å². The molecule has 0 aliphatic rings. The Morgan fingerprint density at radius 1 is 1.21 bits per heavy atom. The zero-order valence-electron chi connectivity index (χ0n) is 10.1. The molecule has 0 bridgehead atoms. The molecule has 0 aromatic carbocycles. The molecule has 0 saturated carbocycles. The van der Waals surface area contributed by atoms with Gasteiger partial charge >= 0.3 is 6.18 Å². The first-order chi connectivity index (χ1) is 9.05. The number of rotatable bonds is 5. The van der Waals surface area contributed by atoms with Gasteiger partial charge in [-0.1, -0.05) is 6.07 Å². The fraction of sp³-hybridized carbons (Fsp3) is 0.333. The molecule has 0 atom stereocenters. The van der Waals surface area contributed by atoms with Crippen molar-refractivity contribution in [2.45, 2.75) is 19.3 Å². The topological polar surface area (TPSA) is 42.7 Å². The highest BCUT2D eigenvalue weighted by atomic mass is 19.4. The molecule has 0 fully saturated rings. The van der Waals surface area contributed by atoms with Crippen LogP contribution in [0.4, 0.5) is 13.2 Å². The molecule has 0 aliphatic heterocycles. The van der Waals surface area contributed by atoms with Gasteiger partial charge in [-0.3, -0.25) is 9.67 Å². The van der Waals surface area contributed by atoms with Crippen LogP contribution in [0, 0.1) is 0 Å². The molecule has 0 unspecified atom stereocenters. The second-order valence-electron chi connectivity index (χ2n) is 3.96. The molecule has 0 amide bonds. The quantitative estimate of drug-likeness (QED) is 0.846. The highest BCUT2D eigenvalue weighted by molar-refractivity contribution is 5.04. The Labute approximate surface area is 108 Å². The Hall–Kier alpha value is -1.89. The van der Waals surface area contributed by atoms with Gasteiger partial charge in [0.1, 0.15) is 0 Å². The van der Waals surface area contributed by atoms with Gasteiger partial charge in [0.2, 0.25) is 0 Å². The summed E-state index contributed by atoms with van der Waals surface area (Å²) in [5, 5.41) is 6.56. The normalized spacial score (nSPS) is 11.7. The lowest BCUT2D eigenvalue weighted by Crippen LogP contribution is -2.20. The third kappa shape index (κ3) is 4.06. The van der Waals surface area contributed by atoms with E-state index in [0.717, 1.165) is 11.8 Å². The molecule has 2 aromatic heterocycles. The number of hydrogen-bond acceptors (Lipinski definition) is 3. The van der Waals surface area contributed by atoms with E-state index in [0.29, 0.717) is 19.6 Å². The summed E-state index contributed by atoms with van der Waals surface area (Å²) in [7, 11) is 0. The number of hydrogen-bond donors (Lipinski definition) is 1. The first kappa shape index (κ1) is 13.5. The van der Waals surface area contributed by atoms with Crippen molar-refractivity contribution >= 4 is 0 Å². The number of nitrogens with one attached hydrogen (secondary N) is 1. The second-order valence-corrected chi connectivity index (χ2v) is 3.96. The zero-order chi connectivity index (χ0) is 13.7. The van der Waals surface area contributed by atoms with Gasteiger partial charge in [0.05, 0.1) is 12.2 Å². The van der Waals surface area contributed by atoms with Crippen LogP contribution in [0.3, 0.4) is 0 Å². The lowest BCUT2D eigenvalue weighted by Gasteiger charge is -2.05. The van der Waals surface area contributed by atoms with Crippen LogP contribution in [0.25, 0.3) is 0 Å². The van der Waals surface area contributed by atoms with Gasteiger partial charge in [0.15, 0.2) is 5.69 Å². The standard InChI is InChI=1S/C12H13F3N4/c13-12(14,15)11-4-7-19(18-11)8-6-16-9-10-3-1-2-5-17-10/h1-5,7,16H,6,8-9H2. The molecular weight excluding hydrogens is 257 g/mol. The predicted molar refractivity (Wildman–Crippen MR) is 63.2 cm³/mol. The number of pyridine rings is 1. The molecule has 1 N–H and O–H groups in total. The summed E-state index contributed by atoms with van der Waals surface area (Å²) in [5.41, 5.74) is 0.0242. The van der Waals surface area contributed by atoms with E-state index in [1.165, 1.54) is 10.9 Å². The molecule has 4 nitrogen and oxygen atoms in total. The maximum Gasteiger partial charge on any atom is 0.435 e. The van der Waals surface area contributed by atoms with Crippen molar-refractivity contribution in [2.24, 2.45) is 0 Å². The number of alkyl halides is 3. The maximum atomic E-state index is 12.3. The number of nitrogens with zero attached hydrogens (tertiary/aromatic N) is 3. The van der Waals surface area contributed by atoms with E-state index in [1.54, 1.807) is 6.20 Å². The van der Waals surface area contributed by atoms with Crippen molar-refractivity contribution in [1.29, 1.82) is 0 Å². The van der Waals surface area contributed by atoms with Crippen LogP contribution in [0.5, 0.6) is 0 Å². The van der Waals surface area contributed by atoms with Gasteiger partial charge in [-0.2, -0.15) is 18.3 Å². The van der Waals surface area contributed by atoms with E-state index in [1.807, 2.05) is 18.2 Å². The van der Waals surface area contributed by atoms with Gasteiger partial charge < -0.3 is 5.32 Å². The lowest BCUT2D eigenvalue weighted by atomic mass is 10.3. The largest absolute Gasteiger partial charge is 0.435 e. The predicted octanol–water partition coefficient (Wildman–Crippen LogP) is 2.09. The van der Waals surface area contributed by atoms with Crippen molar-refractivity contribution in [2.75, 3.05) is 6.54 Å². The van der Waals surface area contributed by atoms with Crippen LogP contribution in [0.15, 0.2) is 36.7 Å². The Bertz CT molecular complexity index is 507. The summed E-state index contributed by atoms with van der Waals surface area (Å²) in [6.45, 7) is 1.48. The van der Waals surface area contributed by atoms with Crippen molar-refractivity contribution in [1.82, 2.24) is 20.1 Å². The van der Waals surface area contributed by atoms with Crippen molar-refractivity contribution in [3.63, 3.8) is 0 Å². The van der Waals surface area contributed by atoms with Crippen LogP contribution < -0.4 is 5.32 Å². The van der Waals surface area contributed by atoms with E-state index >= 15 is 0 Å². The lowest BCUT2D eigenvalue weighted by molar-refractivity contribution is -0.141. The fourth-order valence-electron chi connectivity index (χ4n) is 1.55. The summed E-state index contributed by atoms with van der Waals surface area (Å²) >= 11 is 0. The van der Waals surface area contributed by atoms with Crippen LogP contribution in [-0.4, -0.2) is 21.3 Å². The van der Waals surface area contributed by atoms with Crippen LogP contribution in [-0.2, 0) is 19.3 Å². The van der Waals surface area contributed by atoms with E-state index in [4.69, 9.17) is 0 Å². The minimum Gasteiger partial charge on any atom is -0.309 e. The smallest absolute Gasteiger partial charge is 0.309 e. The number of aromatic nitrogens is 3. The summed E-state index contributed by atoms with van der Waals surface area (Å²) in [5.74, 6) is 0. The van der Waals surface area contributed by atoms with Crippen LogP contribution in [0.1, 0.15) is 11.4 Å². The average molecular weight is 270 g/mol. The molecule has 0 aliphatic carbocycles. The molecule has 19 heavy (non-hydrogen) atoms. The van der Waals surface area contributed by atoms with E-state index < -0.39 is 11.9 Å². The van der Waals surface area contributed by atoms with Crippen molar-refractivity contribution < 1.29 is 13.2 Å². The van der Waals surface area contributed by atoms with Gasteiger partial charge in [-0.05, 0) is 18.2 Å². The summed E-state index contributed by atoms with van der Waals surface area (Å²) in [4.78, 5) is 4.13. The zero-order valence-corrected chi connectivity index (χ0v) is 10.1. The van der Waals surface area contributed by atoms with Gasteiger partial charge in [0.25, 0.3) is 0 Å². The third-order valence-corrected chi connectivity index (χ3v) is 2.48. The highest BCUT2D eigenvalue weighted by Gasteiger charge is 2.33. The molecular formula is C12H13F3N4. The van der Waals surface area contributed by atoms with Gasteiger partial charge in [0, 0.05) is 25.5 Å². The van der Waals surface area contributed by atoms with Gasteiger partial charge in [-0.15, -0.1) is 0 Å². The molecule has 2 heterocycles. The van der Waals surface area contributed by atoms with E-state index in [9.17, 15) is 13.2 Å². The van der Waals surface area contributed by atoms with E-state index in [-0.39, 0.29) is 0 Å². The Morgan fingerprint density at radius 3 is 2.68 bits per heavy atom. The van der Waals surface area contributed by atoms with Crippen LogP contribution in [0.2, 0.25) is 0 Å². The summed E-state index contributed by atoms with van der Waals surface area (Å²) in [6.07, 6.45) is -1.36. The van der Waals surface area contributed by atoms with Gasteiger partial charge in [-0.25, -0.2) is 0 Å². The second kappa shape index (κ2) is 5.83. The fourth-order valence-corrected chi connectivity index (χ4v) is 1.55. The molecule has 0 radical (unpaired) electrons. The van der Waals surface area contributed by atoms with E-state index in [2.05, 4.69) is 15.4 Å². The SMILES string of the molecule is FC(F)(F)c1ccn(CCNCc2ccccn2)n1.